The zero-order valence-electron chi connectivity index (χ0n) is 10.5. The highest BCUT2D eigenvalue weighted by atomic mass is 16.4. The highest BCUT2D eigenvalue weighted by Crippen LogP contribution is 2.19. The molecule has 0 aromatic heterocycles. The fraction of sp³-hybridized carbons (Fsp3) is 0.429. The summed E-state index contributed by atoms with van der Waals surface area (Å²) < 4.78 is 0. The number of likely N-dealkylation sites (tertiary alicyclic amines) is 1. The SMILES string of the molecule is C=C/C=C(\C=C)CCN1CCC(C(=O)O)CC1=O. The molecule has 0 spiro atoms. The van der Waals surface area contributed by atoms with Crippen LogP contribution in [0.1, 0.15) is 19.3 Å². The minimum absolute atomic E-state index is 0.0735. The van der Waals surface area contributed by atoms with Gasteiger partial charge in [-0.2, -0.15) is 0 Å². The Labute approximate surface area is 107 Å². The highest BCUT2D eigenvalue weighted by Gasteiger charge is 2.29. The van der Waals surface area contributed by atoms with E-state index in [1.54, 1.807) is 17.1 Å². The molecule has 1 rings (SSSR count). The Bertz CT molecular complexity index is 385. The lowest BCUT2D eigenvalue weighted by molar-refractivity contribution is -0.149. The maximum absolute atomic E-state index is 11.8. The molecule has 1 amide bonds. The van der Waals surface area contributed by atoms with Crippen molar-refractivity contribution in [2.45, 2.75) is 19.3 Å². The van der Waals surface area contributed by atoms with Gasteiger partial charge >= 0.3 is 5.97 Å². The van der Waals surface area contributed by atoms with Crippen molar-refractivity contribution in [2.75, 3.05) is 13.1 Å². The molecular weight excluding hydrogens is 230 g/mol. The van der Waals surface area contributed by atoms with Crippen molar-refractivity contribution < 1.29 is 14.7 Å². The Hall–Kier alpha value is -1.84. The van der Waals surface area contributed by atoms with E-state index in [-0.39, 0.29) is 12.3 Å². The Morgan fingerprint density at radius 1 is 1.50 bits per heavy atom. The van der Waals surface area contributed by atoms with Gasteiger partial charge in [-0.25, -0.2) is 0 Å². The second kappa shape index (κ2) is 6.79. The molecule has 1 aliphatic heterocycles. The molecule has 0 bridgehead atoms. The lowest BCUT2D eigenvalue weighted by atomic mass is 9.96. The van der Waals surface area contributed by atoms with E-state index in [4.69, 9.17) is 5.11 Å². The van der Waals surface area contributed by atoms with Crippen LogP contribution in [-0.4, -0.2) is 35.0 Å². The molecule has 0 radical (unpaired) electrons. The van der Waals surface area contributed by atoms with E-state index < -0.39 is 11.9 Å². The monoisotopic (exact) mass is 249 g/mol. The van der Waals surface area contributed by atoms with Gasteiger partial charge in [0, 0.05) is 19.5 Å². The minimum Gasteiger partial charge on any atom is -0.481 e. The van der Waals surface area contributed by atoms with Crippen LogP contribution in [0, 0.1) is 5.92 Å². The van der Waals surface area contributed by atoms with Crippen molar-refractivity contribution in [3.63, 3.8) is 0 Å². The van der Waals surface area contributed by atoms with Gasteiger partial charge in [-0.3, -0.25) is 9.59 Å². The fourth-order valence-corrected chi connectivity index (χ4v) is 1.99. The number of carboxylic acid groups (broad SMARTS) is 1. The van der Waals surface area contributed by atoms with E-state index in [1.807, 2.05) is 6.08 Å². The van der Waals surface area contributed by atoms with E-state index >= 15 is 0 Å². The summed E-state index contributed by atoms with van der Waals surface area (Å²) in [6, 6.07) is 0. The van der Waals surface area contributed by atoms with Gasteiger partial charge in [0.05, 0.1) is 5.92 Å². The van der Waals surface area contributed by atoms with Crippen LogP contribution in [-0.2, 0) is 9.59 Å². The molecule has 1 unspecified atom stereocenters. The number of amides is 1. The van der Waals surface area contributed by atoms with E-state index in [2.05, 4.69) is 13.2 Å². The molecule has 1 fully saturated rings. The molecule has 1 aliphatic rings. The summed E-state index contributed by atoms with van der Waals surface area (Å²) in [5.41, 5.74) is 1.03. The van der Waals surface area contributed by atoms with Crippen molar-refractivity contribution >= 4 is 11.9 Å². The summed E-state index contributed by atoms with van der Waals surface area (Å²) in [7, 11) is 0. The average molecular weight is 249 g/mol. The van der Waals surface area contributed by atoms with Gasteiger partial charge in [0.15, 0.2) is 0 Å². The molecule has 0 aliphatic carbocycles. The van der Waals surface area contributed by atoms with Gasteiger partial charge in [-0.15, -0.1) is 0 Å². The quantitative estimate of drug-likeness (QED) is 0.732. The molecule has 18 heavy (non-hydrogen) atoms. The molecule has 1 saturated heterocycles. The van der Waals surface area contributed by atoms with Crippen molar-refractivity contribution in [2.24, 2.45) is 5.92 Å². The predicted molar refractivity (Wildman–Crippen MR) is 70.0 cm³/mol. The van der Waals surface area contributed by atoms with Gasteiger partial charge in [-0.05, 0) is 18.4 Å². The minimum atomic E-state index is -0.874. The van der Waals surface area contributed by atoms with Crippen LogP contribution in [0.3, 0.4) is 0 Å². The maximum Gasteiger partial charge on any atom is 0.307 e. The smallest absolute Gasteiger partial charge is 0.307 e. The standard InChI is InChI=1S/C14H19NO3/c1-3-5-11(4-2)6-8-15-9-7-12(14(17)18)10-13(15)16/h3-5,12H,1-2,6-10H2,(H,17,18)/b11-5+. The summed E-state index contributed by atoms with van der Waals surface area (Å²) in [5, 5.41) is 8.86. The summed E-state index contributed by atoms with van der Waals surface area (Å²) in [6.45, 7) is 8.45. The lowest BCUT2D eigenvalue weighted by Crippen LogP contribution is -2.41. The summed E-state index contributed by atoms with van der Waals surface area (Å²) in [6.07, 6.45) is 6.67. The van der Waals surface area contributed by atoms with E-state index in [0.29, 0.717) is 19.5 Å². The third-order valence-electron chi connectivity index (χ3n) is 3.13. The zero-order valence-corrected chi connectivity index (χ0v) is 10.5. The fourth-order valence-electron chi connectivity index (χ4n) is 1.99. The third kappa shape index (κ3) is 3.87. The average Bonchev–Trinajstić information content (AvgIpc) is 2.35. The van der Waals surface area contributed by atoms with Crippen LogP contribution in [0.2, 0.25) is 0 Å². The van der Waals surface area contributed by atoms with Gasteiger partial charge in [-0.1, -0.05) is 31.4 Å². The van der Waals surface area contributed by atoms with Crippen LogP contribution < -0.4 is 0 Å². The molecule has 4 heteroatoms. The van der Waals surface area contributed by atoms with Gasteiger partial charge in [0.2, 0.25) is 5.91 Å². The molecule has 1 N–H and O–H groups in total. The van der Waals surface area contributed by atoms with Gasteiger partial charge < -0.3 is 10.0 Å². The number of hydrogen-bond donors (Lipinski definition) is 1. The maximum atomic E-state index is 11.8. The number of rotatable bonds is 6. The molecule has 0 saturated carbocycles. The van der Waals surface area contributed by atoms with Crippen molar-refractivity contribution in [1.82, 2.24) is 4.90 Å². The zero-order chi connectivity index (χ0) is 13.5. The van der Waals surface area contributed by atoms with Gasteiger partial charge in [0.25, 0.3) is 0 Å². The number of hydrogen-bond acceptors (Lipinski definition) is 2. The number of allylic oxidation sites excluding steroid dienone is 3. The Kier molecular flexibility index (Phi) is 5.36. The second-order valence-electron chi connectivity index (χ2n) is 4.34. The number of aliphatic carboxylic acids is 1. The van der Waals surface area contributed by atoms with E-state index in [1.165, 1.54) is 0 Å². The topological polar surface area (TPSA) is 57.6 Å². The molecular formula is C14H19NO3. The molecule has 1 heterocycles. The van der Waals surface area contributed by atoms with Crippen LogP contribution in [0.15, 0.2) is 37.0 Å². The molecule has 98 valence electrons. The largest absolute Gasteiger partial charge is 0.481 e. The van der Waals surface area contributed by atoms with Crippen LogP contribution in [0.5, 0.6) is 0 Å². The Balaban J connectivity index is 2.48. The molecule has 1 atom stereocenters. The Morgan fingerprint density at radius 2 is 2.22 bits per heavy atom. The lowest BCUT2D eigenvalue weighted by Gasteiger charge is -2.30. The van der Waals surface area contributed by atoms with E-state index in [9.17, 15) is 9.59 Å². The van der Waals surface area contributed by atoms with E-state index in [0.717, 1.165) is 12.0 Å². The highest BCUT2D eigenvalue weighted by molar-refractivity contribution is 5.83. The summed E-state index contributed by atoms with van der Waals surface area (Å²) in [5.74, 6) is -1.46. The molecule has 4 nitrogen and oxygen atoms in total. The number of nitrogens with zero attached hydrogens (tertiary/aromatic N) is 1. The predicted octanol–water partition coefficient (Wildman–Crippen LogP) is 2.00. The van der Waals surface area contributed by atoms with Gasteiger partial charge in [0.1, 0.15) is 0 Å². The number of carbonyl (C=O) groups is 2. The molecule has 0 aromatic rings. The number of piperidine rings is 1. The normalized spacial score (nSPS) is 20.7. The first kappa shape index (κ1) is 14.2. The third-order valence-corrected chi connectivity index (χ3v) is 3.13. The Morgan fingerprint density at radius 3 is 2.72 bits per heavy atom. The first-order valence-corrected chi connectivity index (χ1v) is 6.03. The van der Waals surface area contributed by atoms with Crippen molar-refractivity contribution in [3.05, 3.63) is 37.0 Å². The first-order valence-electron chi connectivity index (χ1n) is 6.03. The van der Waals surface area contributed by atoms with Crippen LogP contribution in [0.25, 0.3) is 0 Å². The number of carbonyl (C=O) groups excluding carboxylic acids is 1. The van der Waals surface area contributed by atoms with Crippen molar-refractivity contribution in [3.8, 4) is 0 Å². The second-order valence-corrected chi connectivity index (χ2v) is 4.34. The summed E-state index contributed by atoms with van der Waals surface area (Å²) in [4.78, 5) is 24.3. The first-order chi connectivity index (χ1) is 8.58. The summed E-state index contributed by atoms with van der Waals surface area (Å²) >= 11 is 0. The van der Waals surface area contributed by atoms with Crippen LogP contribution >= 0.6 is 0 Å². The van der Waals surface area contributed by atoms with Crippen LogP contribution in [0.4, 0.5) is 0 Å². The van der Waals surface area contributed by atoms with Crippen molar-refractivity contribution in [1.29, 1.82) is 0 Å². The molecule has 0 aromatic carbocycles. The number of carboxylic acids is 1.